The lowest BCUT2D eigenvalue weighted by Crippen LogP contribution is -2.21. The van der Waals surface area contributed by atoms with Gasteiger partial charge in [0.25, 0.3) is 0 Å². The zero-order chi connectivity index (χ0) is 18.5. The lowest BCUT2D eigenvalue weighted by atomic mass is 10.1. The van der Waals surface area contributed by atoms with E-state index < -0.39 is 12.4 Å². The molecule has 0 saturated carbocycles. The first-order valence-corrected chi connectivity index (χ1v) is 8.70. The van der Waals surface area contributed by atoms with Gasteiger partial charge in [-0.25, -0.2) is 4.79 Å². The van der Waals surface area contributed by atoms with Gasteiger partial charge in [0.2, 0.25) is 6.29 Å². The summed E-state index contributed by atoms with van der Waals surface area (Å²) < 4.78 is 17.9. The van der Waals surface area contributed by atoms with E-state index >= 15 is 0 Å². The van der Waals surface area contributed by atoms with E-state index in [1.165, 1.54) is 0 Å². The first-order valence-electron chi connectivity index (χ1n) is 8.32. The van der Waals surface area contributed by atoms with Crippen molar-refractivity contribution in [3.8, 4) is 17.0 Å². The highest BCUT2D eigenvalue weighted by molar-refractivity contribution is 6.33. The summed E-state index contributed by atoms with van der Waals surface area (Å²) in [5.74, 6) is 0.596. The van der Waals surface area contributed by atoms with Gasteiger partial charge < -0.3 is 19.9 Å². The van der Waals surface area contributed by atoms with Crippen molar-refractivity contribution in [3.63, 3.8) is 0 Å². The maximum absolute atomic E-state index is 12.1. The van der Waals surface area contributed by atoms with Crippen LogP contribution in [0.3, 0.4) is 0 Å². The number of benzene rings is 1. The van der Waals surface area contributed by atoms with Crippen LogP contribution in [0, 0.1) is 0 Å². The van der Waals surface area contributed by atoms with Gasteiger partial charge in [-0.1, -0.05) is 11.6 Å². The molecular weight excluding hydrogens is 360 g/mol. The second-order valence-electron chi connectivity index (χ2n) is 5.79. The highest BCUT2D eigenvalue weighted by Gasteiger charge is 2.21. The van der Waals surface area contributed by atoms with Crippen LogP contribution in [0.2, 0.25) is 5.02 Å². The Kier molecular flexibility index (Phi) is 5.97. The molecule has 1 aromatic carbocycles. The van der Waals surface area contributed by atoms with E-state index in [1.807, 2.05) is 0 Å². The smallest absolute Gasteiger partial charge is 0.413 e. The number of nitrogens with two attached hydrogens (primary N) is 1. The molecule has 2 heterocycles. The average Bonchev–Trinajstić information content (AvgIpc) is 3.23. The Bertz CT molecular complexity index is 755. The minimum Gasteiger partial charge on any atom is -0.492 e. The van der Waals surface area contributed by atoms with Gasteiger partial charge in [-0.3, -0.25) is 10.00 Å². The molecule has 1 aromatic heterocycles. The van der Waals surface area contributed by atoms with E-state index in [4.69, 9.17) is 31.5 Å². The van der Waals surface area contributed by atoms with E-state index in [-0.39, 0.29) is 0 Å². The maximum Gasteiger partial charge on any atom is 0.413 e. The van der Waals surface area contributed by atoms with Gasteiger partial charge in [-0.2, -0.15) is 5.10 Å². The summed E-state index contributed by atoms with van der Waals surface area (Å²) in [5.41, 5.74) is 7.44. The van der Waals surface area contributed by atoms with Crippen molar-refractivity contribution in [3.05, 3.63) is 29.4 Å². The van der Waals surface area contributed by atoms with E-state index in [0.29, 0.717) is 53.9 Å². The van der Waals surface area contributed by atoms with Crippen LogP contribution in [0.25, 0.3) is 11.3 Å². The highest BCUT2D eigenvalue weighted by atomic mass is 35.5. The third kappa shape index (κ3) is 4.27. The number of amides is 1. The van der Waals surface area contributed by atoms with Crippen LogP contribution < -0.4 is 15.8 Å². The highest BCUT2D eigenvalue weighted by Crippen LogP contribution is 2.36. The van der Waals surface area contributed by atoms with Crippen LogP contribution >= 0.6 is 11.6 Å². The number of carbonyl (C=O) groups excluding carboxylic acids is 1. The van der Waals surface area contributed by atoms with Crippen molar-refractivity contribution in [2.75, 3.05) is 25.1 Å². The molecular formula is C17H21ClN4O4. The number of aromatic nitrogens is 2. The molecule has 3 N–H and O–H groups in total. The number of anilines is 1. The fraction of sp³-hybridized carbons (Fsp3) is 0.412. The minimum atomic E-state index is -0.574. The van der Waals surface area contributed by atoms with Crippen LogP contribution in [0.4, 0.5) is 10.5 Å². The summed E-state index contributed by atoms with van der Waals surface area (Å²) in [5, 5.41) is 7.32. The standard InChI is InChI=1S/C17H21ClN4O4/c1-22-16(13(18)10-20-22)12-9-11(4-5-14(12)24-8-6-19)21-17(23)26-15-3-2-7-25-15/h4-5,9-10,15H,2-3,6-8,19H2,1H3,(H,21,23). The topological polar surface area (TPSA) is 101 Å². The van der Waals surface area contributed by atoms with Gasteiger partial charge >= 0.3 is 6.09 Å². The molecule has 0 aliphatic carbocycles. The van der Waals surface area contributed by atoms with Gasteiger partial charge in [0.15, 0.2) is 0 Å². The number of halogens is 1. The van der Waals surface area contributed by atoms with E-state index in [2.05, 4.69) is 10.4 Å². The molecule has 9 heteroatoms. The number of hydrogen-bond acceptors (Lipinski definition) is 6. The molecule has 140 valence electrons. The quantitative estimate of drug-likeness (QED) is 0.799. The van der Waals surface area contributed by atoms with E-state index in [9.17, 15) is 4.79 Å². The van der Waals surface area contributed by atoms with Crippen molar-refractivity contribution in [1.82, 2.24) is 9.78 Å². The summed E-state index contributed by atoms with van der Waals surface area (Å²) in [6.45, 7) is 1.34. The van der Waals surface area contributed by atoms with Crippen molar-refractivity contribution in [2.45, 2.75) is 19.1 Å². The normalized spacial score (nSPS) is 16.5. The van der Waals surface area contributed by atoms with Crippen molar-refractivity contribution < 1.29 is 19.0 Å². The van der Waals surface area contributed by atoms with Crippen LogP contribution in [-0.2, 0) is 16.5 Å². The lowest BCUT2D eigenvalue weighted by Gasteiger charge is -2.15. The van der Waals surface area contributed by atoms with Crippen molar-refractivity contribution >= 4 is 23.4 Å². The molecule has 3 rings (SSSR count). The molecule has 1 fully saturated rings. The second-order valence-corrected chi connectivity index (χ2v) is 6.19. The summed E-state index contributed by atoms with van der Waals surface area (Å²) in [6, 6.07) is 5.22. The molecule has 8 nitrogen and oxygen atoms in total. The Labute approximate surface area is 156 Å². The monoisotopic (exact) mass is 380 g/mol. The summed E-state index contributed by atoms with van der Waals surface area (Å²) in [6.07, 6.45) is 2.07. The van der Waals surface area contributed by atoms with Gasteiger partial charge in [0.1, 0.15) is 12.4 Å². The third-order valence-electron chi connectivity index (χ3n) is 3.88. The first-order chi connectivity index (χ1) is 12.6. The number of aryl methyl sites for hydroxylation is 1. The first kappa shape index (κ1) is 18.5. The Morgan fingerprint density at radius 2 is 2.38 bits per heavy atom. The van der Waals surface area contributed by atoms with E-state index in [1.54, 1.807) is 36.1 Å². The minimum absolute atomic E-state index is 0.357. The van der Waals surface area contributed by atoms with Gasteiger partial charge in [0.05, 0.1) is 23.5 Å². The Hall–Kier alpha value is -2.29. The molecule has 1 saturated heterocycles. The molecule has 26 heavy (non-hydrogen) atoms. The Morgan fingerprint density at radius 3 is 3.04 bits per heavy atom. The molecule has 0 radical (unpaired) electrons. The van der Waals surface area contributed by atoms with Gasteiger partial charge in [-0.05, 0) is 24.6 Å². The Balaban J connectivity index is 1.83. The van der Waals surface area contributed by atoms with Crippen LogP contribution in [0.1, 0.15) is 12.8 Å². The average molecular weight is 381 g/mol. The number of nitrogens with zero attached hydrogens (tertiary/aromatic N) is 2. The number of rotatable bonds is 6. The van der Waals surface area contributed by atoms with Crippen molar-refractivity contribution in [1.29, 1.82) is 0 Å². The van der Waals surface area contributed by atoms with E-state index in [0.717, 1.165) is 6.42 Å². The summed E-state index contributed by atoms with van der Waals surface area (Å²) in [7, 11) is 1.78. The Morgan fingerprint density at radius 1 is 1.54 bits per heavy atom. The van der Waals surface area contributed by atoms with Gasteiger partial charge in [-0.15, -0.1) is 0 Å². The predicted octanol–water partition coefficient (Wildman–Crippen LogP) is 2.76. The van der Waals surface area contributed by atoms with Gasteiger partial charge in [0, 0.05) is 31.3 Å². The summed E-state index contributed by atoms with van der Waals surface area (Å²) in [4.78, 5) is 12.1. The number of ether oxygens (including phenoxy) is 3. The number of carbonyl (C=O) groups is 1. The summed E-state index contributed by atoms with van der Waals surface area (Å²) >= 11 is 6.26. The molecule has 1 unspecified atom stereocenters. The van der Waals surface area contributed by atoms with Crippen LogP contribution in [-0.4, -0.2) is 41.9 Å². The molecule has 0 spiro atoms. The van der Waals surface area contributed by atoms with Crippen LogP contribution in [0.5, 0.6) is 5.75 Å². The molecule has 1 atom stereocenters. The lowest BCUT2D eigenvalue weighted by molar-refractivity contribution is -0.0633. The van der Waals surface area contributed by atoms with Crippen LogP contribution in [0.15, 0.2) is 24.4 Å². The fourth-order valence-electron chi connectivity index (χ4n) is 2.71. The SMILES string of the molecule is Cn1ncc(Cl)c1-c1cc(NC(=O)OC2CCCO2)ccc1OCCN. The predicted molar refractivity (Wildman–Crippen MR) is 97.3 cm³/mol. The maximum atomic E-state index is 12.1. The number of hydrogen-bond donors (Lipinski definition) is 2. The molecule has 1 aliphatic heterocycles. The zero-order valence-electron chi connectivity index (χ0n) is 14.4. The largest absolute Gasteiger partial charge is 0.492 e. The van der Waals surface area contributed by atoms with Crippen molar-refractivity contribution in [2.24, 2.45) is 12.8 Å². The second kappa shape index (κ2) is 8.39. The zero-order valence-corrected chi connectivity index (χ0v) is 15.2. The molecule has 0 bridgehead atoms. The molecule has 2 aromatic rings. The fourth-order valence-corrected chi connectivity index (χ4v) is 2.98. The third-order valence-corrected chi connectivity index (χ3v) is 4.15. The number of nitrogens with one attached hydrogen (secondary N) is 1. The molecule has 1 aliphatic rings. The molecule has 1 amide bonds.